The highest BCUT2D eigenvalue weighted by Crippen LogP contribution is 2.10. The molecular weight excluding hydrogens is 220 g/mol. The predicted molar refractivity (Wildman–Crippen MR) is 64.6 cm³/mol. The van der Waals surface area contributed by atoms with E-state index in [1.165, 1.54) is 0 Å². The number of rotatable bonds is 2. The molecule has 98 valence electrons. The van der Waals surface area contributed by atoms with E-state index in [9.17, 15) is 9.59 Å². The maximum absolute atomic E-state index is 11.7. The first-order chi connectivity index (χ1) is 7.79. The molecule has 0 aliphatic carbocycles. The number of amides is 2. The zero-order valence-corrected chi connectivity index (χ0v) is 11.1. The van der Waals surface area contributed by atoms with Gasteiger partial charge >= 0.3 is 12.0 Å². The molecule has 1 atom stereocenters. The molecule has 17 heavy (non-hydrogen) atoms. The van der Waals surface area contributed by atoms with Crippen molar-refractivity contribution in [3.05, 3.63) is 0 Å². The number of likely N-dealkylation sites (tertiary alicyclic amines) is 1. The summed E-state index contributed by atoms with van der Waals surface area (Å²) in [7, 11) is 0. The van der Waals surface area contributed by atoms with Crippen LogP contribution >= 0.6 is 0 Å². The number of urea groups is 1. The van der Waals surface area contributed by atoms with Crippen molar-refractivity contribution in [2.75, 3.05) is 13.1 Å². The van der Waals surface area contributed by atoms with E-state index >= 15 is 0 Å². The lowest BCUT2D eigenvalue weighted by Crippen LogP contribution is -2.47. The van der Waals surface area contributed by atoms with Gasteiger partial charge in [0, 0.05) is 13.1 Å². The van der Waals surface area contributed by atoms with Crippen LogP contribution in [-0.4, -0.2) is 41.6 Å². The average molecular weight is 242 g/mol. The van der Waals surface area contributed by atoms with E-state index < -0.39 is 17.6 Å². The number of esters is 1. The van der Waals surface area contributed by atoms with E-state index in [0.29, 0.717) is 0 Å². The second-order valence-electron chi connectivity index (χ2n) is 5.40. The first-order valence-corrected chi connectivity index (χ1v) is 6.08. The monoisotopic (exact) mass is 242 g/mol. The number of nitrogens with zero attached hydrogens (tertiary/aromatic N) is 1. The van der Waals surface area contributed by atoms with Crippen molar-refractivity contribution in [3.63, 3.8) is 0 Å². The van der Waals surface area contributed by atoms with Crippen LogP contribution < -0.4 is 5.32 Å². The molecule has 5 nitrogen and oxygen atoms in total. The maximum Gasteiger partial charge on any atom is 0.328 e. The summed E-state index contributed by atoms with van der Waals surface area (Å²) in [5, 5.41) is 2.66. The van der Waals surface area contributed by atoms with Crippen molar-refractivity contribution in [2.45, 2.75) is 52.2 Å². The summed E-state index contributed by atoms with van der Waals surface area (Å²) in [6.07, 6.45) is 2.07. The quantitative estimate of drug-likeness (QED) is 0.747. The van der Waals surface area contributed by atoms with Crippen molar-refractivity contribution in [1.82, 2.24) is 10.2 Å². The lowest BCUT2D eigenvalue weighted by Gasteiger charge is -2.24. The molecule has 1 aliphatic heterocycles. The molecular formula is C12H22N2O3. The van der Waals surface area contributed by atoms with Gasteiger partial charge in [0.15, 0.2) is 0 Å². The molecule has 0 spiro atoms. The highest BCUT2D eigenvalue weighted by molar-refractivity contribution is 5.83. The molecule has 1 saturated heterocycles. The molecule has 0 radical (unpaired) electrons. The van der Waals surface area contributed by atoms with E-state index in [1.54, 1.807) is 32.6 Å². The first-order valence-electron chi connectivity index (χ1n) is 6.08. The van der Waals surface area contributed by atoms with Gasteiger partial charge in [0.05, 0.1) is 0 Å². The van der Waals surface area contributed by atoms with Crippen LogP contribution in [0.2, 0.25) is 0 Å². The first kappa shape index (κ1) is 13.8. The topological polar surface area (TPSA) is 58.6 Å². The van der Waals surface area contributed by atoms with Crippen molar-refractivity contribution in [1.29, 1.82) is 0 Å². The Balaban J connectivity index is 2.40. The van der Waals surface area contributed by atoms with Gasteiger partial charge in [0.1, 0.15) is 11.6 Å². The summed E-state index contributed by atoms with van der Waals surface area (Å²) >= 11 is 0. The van der Waals surface area contributed by atoms with Gasteiger partial charge in [-0.25, -0.2) is 9.59 Å². The Morgan fingerprint density at radius 2 is 1.76 bits per heavy atom. The van der Waals surface area contributed by atoms with Crippen molar-refractivity contribution >= 4 is 12.0 Å². The number of hydrogen-bond donors (Lipinski definition) is 1. The van der Waals surface area contributed by atoms with Gasteiger partial charge in [0.2, 0.25) is 0 Å². The highest BCUT2D eigenvalue weighted by atomic mass is 16.6. The van der Waals surface area contributed by atoms with E-state index in [0.717, 1.165) is 25.9 Å². The number of carbonyl (C=O) groups excluding carboxylic acids is 2. The number of carbonyl (C=O) groups is 2. The van der Waals surface area contributed by atoms with Crippen LogP contribution in [0.15, 0.2) is 0 Å². The molecule has 0 bridgehead atoms. The molecule has 0 aromatic heterocycles. The lowest BCUT2D eigenvalue weighted by molar-refractivity contribution is -0.156. The van der Waals surface area contributed by atoms with Crippen molar-refractivity contribution in [3.8, 4) is 0 Å². The molecule has 2 amide bonds. The minimum atomic E-state index is -0.609. The van der Waals surface area contributed by atoms with Crippen LogP contribution in [0.4, 0.5) is 4.79 Å². The van der Waals surface area contributed by atoms with Crippen LogP contribution in [0.5, 0.6) is 0 Å². The van der Waals surface area contributed by atoms with Crippen LogP contribution in [-0.2, 0) is 9.53 Å². The van der Waals surface area contributed by atoms with E-state index in [1.807, 2.05) is 0 Å². The molecule has 5 heteroatoms. The third kappa shape index (κ3) is 4.63. The summed E-state index contributed by atoms with van der Waals surface area (Å²) in [5.74, 6) is -0.398. The van der Waals surface area contributed by atoms with Gasteiger partial charge in [-0.3, -0.25) is 0 Å². The second-order valence-corrected chi connectivity index (χ2v) is 5.40. The van der Waals surface area contributed by atoms with Gasteiger partial charge in [-0.2, -0.15) is 0 Å². The van der Waals surface area contributed by atoms with Gasteiger partial charge in [-0.05, 0) is 40.5 Å². The lowest BCUT2D eigenvalue weighted by atomic mass is 10.2. The van der Waals surface area contributed by atoms with Gasteiger partial charge < -0.3 is 15.0 Å². The molecule has 1 heterocycles. The number of ether oxygens (including phenoxy) is 1. The number of nitrogens with one attached hydrogen (secondary N) is 1. The van der Waals surface area contributed by atoms with Gasteiger partial charge in [0.25, 0.3) is 0 Å². The Morgan fingerprint density at radius 1 is 1.24 bits per heavy atom. The van der Waals surface area contributed by atoms with E-state index in [2.05, 4.69) is 5.32 Å². The van der Waals surface area contributed by atoms with Crippen LogP contribution in [0.1, 0.15) is 40.5 Å². The zero-order chi connectivity index (χ0) is 13.1. The fourth-order valence-electron chi connectivity index (χ4n) is 1.65. The minimum absolute atomic E-state index is 0.180. The highest BCUT2D eigenvalue weighted by Gasteiger charge is 2.25. The Hall–Kier alpha value is -1.26. The molecule has 1 rings (SSSR count). The Kier molecular flexibility index (Phi) is 4.37. The summed E-state index contributed by atoms with van der Waals surface area (Å²) < 4.78 is 5.19. The van der Waals surface area contributed by atoms with Crippen molar-refractivity contribution in [2.24, 2.45) is 0 Å². The third-order valence-corrected chi connectivity index (χ3v) is 2.49. The average Bonchev–Trinajstić information content (AvgIpc) is 2.67. The molecule has 0 saturated carbocycles. The SMILES string of the molecule is C[C@@H](NC(=O)N1CCCC1)C(=O)OC(C)(C)C. The largest absolute Gasteiger partial charge is 0.458 e. The van der Waals surface area contributed by atoms with Crippen molar-refractivity contribution < 1.29 is 14.3 Å². The van der Waals surface area contributed by atoms with E-state index in [-0.39, 0.29) is 6.03 Å². The summed E-state index contributed by atoms with van der Waals surface area (Å²) in [6.45, 7) is 8.60. The van der Waals surface area contributed by atoms with Gasteiger partial charge in [-0.15, -0.1) is 0 Å². The summed E-state index contributed by atoms with van der Waals surface area (Å²) in [4.78, 5) is 25.1. The molecule has 0 aromatic carbocycles. The Morgan fingerprint density at radius 3 is 2.24 bits per heavy atom. The zero-order valence-electron chi connectivity index (χ0n) is 11.1. The third-order valence-electron chi connectivity index (χ3n) is 2.49. The summed E-state index contributed by atoms with van der Waals surface area (Å²) in [6, 6.07) is -0.789. The van der Waals surface area contributed by atoms with Crippen LogP contribution in [0.25, 0.3) is 0 Å². The molecule has 1 N–H and O–H groups in total. The minimum Gasteiger partial charge on any atom is -0.458 e. The Bertz CT molecular complexity index is 291. The fourth-order valence-corrected chi connectivity index (χ4v) is 1.65. The fraction of sp³-hybridized carbons (Fsp3) is 0.833. The van der Waals surface area contributed by atoms with Crippen LogP contribution in [0, 0.1) is 0 Å². The van der Waals surface area contributed by atoms with Gasteiger partial charge in [-0.1, -0.05) is 0 Å². The molecule has 0 unspecified atom stereocenters. The second kappa shape index (κ2) is 5.38. The van der Waals surface area contributed by atoms with E-state index in [4.69, 9.17) is 4.74 Å². The Labute approximate surface area is 102 Å². The summed E-state index contributed by atoms with van der Waals surface area (Å²) in [5.41, 5.74) is -0.524. The normalized spacial score (nSPS) is 17.8. The smallest absolute Gasteiger partial charge is 0.328 e. The molecule has 1 fully saturated rings. The number of hydrogen-bond acceptors (Lipinski definition) is 3. The van der Waals surface area contributed by atoms with Crippen LogP contribution in [0.3, 0.4) is 0 Å². The predicted octanol–water partition coefficient (Wildman–Crippen LogP) is 1.52. The molecule has 0 aromatic rings. The maximum atomic E-state index is 11.7. The molecule has 1 aliphatic rings. The standard InChI is InChI=1S/C12H22N2O3/c1-9(10(15)17-12(2,3)4)13-11(16)14-7-5-6-8-14/h9H,5-8H2,1-4H3,(H,13,16)/t9-/m1/s1.